The molecule has 1 atom stereocenters. The van der Waals surface area contributed by atoms with E-state index in [1.54, 1.807) is 7.11 Å². The molecule has 0 fully saturated rings. The van der Waals surface area contributed by atoms with Crippen molar-refractivity contribution in [2.45, 2.75) is 45.7 Å². The minimum absolute atomic E-state index is 0.0232. The molecular weight excluding hydrogens is 310 g/mol. The predicted octanol–water partition coefficient (Wildman–Crippen LogP) is 1.70. The molecule has 0 aliphatic rings. The van der Waals surface area contributed by atoms with E-state index in [9.17, 15) is 4.79 Å². The molecule has 2 N–H and O–H groups in total. The molecule has 1 aromatic heterocycles. The Balaban J connectivity index is 2.81. The lowest BCUT2D eigenvalue weighted by Crippen LogP contribution is -2.33. The van der Waals surface area contributed by atoms with Crippen molar-refractivity contribution in [3.63, 3.8) is 0 Å². The van der Waals surface area contributed by atoms with Crippen LogP contribution in [-0.2, 0) is 28.9 Å². The van der Waals surface area contributed by atoms with Crippen LogP contribution < -0.4 is 5.73 Å². The normalized spacial score (nSPS) is 12.7. The molecule has 108 valence electrons. The Morgan fingerprint density at radius 2 is 2.21 bits per heavy atom. The van der Waals surface area contributed by atoms with Crippen molar-refractivity contribution in [2.24, 2.45) is 5.73 Å². The van der Waals surface area contributed by atoms with Gasteiger partial charge in [-0.1, -0.05) is 6.92 Å². The third-order valence-corrected chi connectivity index (χ3v) is 4.00. The van der Waals surface area contributed by atoms with Gasteiger partial charge in [-0.3, -0.25) is 9.48 Å². The number of carbonyl (C=O) groups is 1. The maximum absolute atomic E-state index is 12.1. The minimum Gasteiger partial charge on any atom is -0.385 e. The highest BCUT2D eigenvalue weighted by atomic mass is 79.9. The van der Waals surface area contributed by atoms with Crippen LogP contribution in [0.3, 0.4) is 0 Å². The number of methoxy groups -OCH3 is 1. The molecule has 0 aromatic carbocycles. The van der Waals surface area contributed by atoms with Crippen LogP contribution in [0.2, 0.25) is 0 Å². The molecule has 1 unspecified atom stereocenters. The first kappa shape index (κ1) is 16.3. The van der Waals surface area contributed by atoms with E-state index in [4.69, 9.17) is 10.5 Å². The Morgan fingerprint density at radius 1 is 1.53 bits per heavy atom. The van der Waals surface area contributed by atoms with Crippen molar-refractivity contribution < 1.29 is 9.53 Å². The Bertz CT molecular complexity index is 432. The largest absolute Gasteiger partial charge is 0.385 e. The van der Waals surface area contributed by atoms with Crippen molar-refractivity contribution in [1.29, 1.82) is 0 Å². The summed E-state index contributed by atoms with van der Waals surface area (Å²) in [5.41, 5.74) is 7.75. The fraction of sp³-hybridized carbons (Fsp3) is 0.692. The van der Waals surface area contributed by atoms with Crippen LogP contribution in [0, 0.1) is 0 Å². The second-order valence-electron chi connectivity index (χ2n) is 4.41. The lowest BCUT2D eigenvalue weighted by molar-refractivity contribution is -0.120. The molecule has 5 nitrogen and oxygen atoms in total. The van der Waals surface area contributed by atoms with E-state index in [1.165, 1.54) is 0 Å². The summed E-state index contributed by atoms with van der Waals surface area (Å²) in [5, 5.41) is 4.47. The smallest absolute Gasteiger partial charge is 0.155 e. The van der Waals surface area contributed by atoms with E-state index in [0.29, 0.717) is 19.4 Å². The van der Waals surface area contributed by atoms with Crippen LogP contribution in [0.4, 0.5) is 0 Å². The molecule has 0 bridgehead atoms. The molecule has 0 amide bonds. The Kier molecular flexibility index (Phi) is 6.68. The molecule has 1 heterocycles. The van der Waals surface area contributed by atoms with E-state index < -0.39 is 6.04 Å². The number of aryl methyl sites for hydroxylation is 2. The number of Topliss-reactive ketones (excluding diaryl/α,β-unsaturated/α-hetero) is 1. The number of ether oxygens (including phenoxy) is 1. The molecule has 0 aliphatic carbocycles. The molecule has 0 radical (unpaired) electrons. The van der Waals surface area contributed by atoms with Crippen LogP contribution in [0.25, 0.3) is 0 Å². The quantitative estimate of drug-likeness (QED) is 0.787. The summed E-state index contributed by atoms with van der Waals surface area (Å²) in [6.45, 7) is 5.30. The van der Waals surface area contributed by atoms with Gasteiger partial charge in [-0.05, 0) is 35.7 Å². The first-order chi connectivity index (χ1) is 9.04. The van der Waals surface area contributed by atoms with Crippen LogP contribution in [0.15, 0.2) is 4.47 Å². The fourth-order valence-corrected chi connectivity index (χ4v) is 2.59. The number of ketones is 1. The molecule has 0 saturated heterocycles. The Labute approximate surface area is 122 Å². The SMILES string of the molecule is CCc1nn(CC)c(CC(=O)C(N)CCOC)c1Br. The van der Waals surface area contributed by atoms with Gasteiger partial charge in [-0.15, -0.1) is 0 Å². The fourth-order valence-electron chi connectivity index (χ4n) is 1.89. The average Bonchev–Trinajstić information content (AvgIpc) is 2.72. The number of halogens is 1. The summed E-state index contributed by atoms with van der Waals surface area (Å²) in [6, 6.07) is -0.475. The summed E-state index contributed by atoms with van der Waals surface area (Å²) < 4.78 is 7.74. The maximum atomic E-state index is 12.1. The van der Waals surface area contributed by atoms with Gasteiger partial charge in [0.15, 0.2) is 5.78 Å². The zero-order valence-corrected chi connectivity index (χ0v) is 13.4. The van der Waals surface area contributed by atoms with Crippen LogP contribution in [-0.4, -0.2) is 35.3 Å². The second kappa shape index (κ2) is 7.77. The lowest BCUT2D eigenvalue weighted by Gasteiger charge is -2.11. The molecule has 6 heteroatoms. The summed E-state index contributed by atoms with van der Waals surface area (Å²) in [5.74, 6) is 0.0232. The van der Waals surface area contributed by atoms with Gasteiger partial charge in [-0.2, -0.15) is 5.10 Å². The lowest BCUT2D eigenvalue weighted by atomic mass is 10.1. The Hall–Kier alpha value is -0.720. The third-order valence-electron chi connectivity index (χ3n) is 3.08. The number of carbonyl (C=O) groups excluding carboxylic acids is 1. The van der Waals surface area contributed by atoms with E-state index >= 15 is 0 Å². The summed E-state index contributed by atoms with van der Waals surface area (Å²) in [6.07, 6.45) is 1.70. The van der Waals surface area contributed by atoms with E-state index in [0.717, 1.165) is 28.8 Å². The maximum Gasteiger partial charge on any atom is 0.155 e. The van der Waals surface area contributed by atoms with Gasteiger partial charge in [0.2, 0.25) is 0 Å². The number of nitrogens with two attached hydrogens (primary N) is 1. The molecule has 0 saturated carbocycles. The van der Waals surface area contributed by atoms with Crippen molar-refractivity contribution in [3.05, 3.63) is 15.9 Å². The molecule has 19 heavy (non-hydrogen) atoms. The summed E-state index contributed by atoms with van der Waals surface area (Å²) in [7, 11) is 1.60. The highest BCUT2D eigenvalue weighted by Gasteiger charge is 2.20. The number of aromatic nitrogens is 2. The zero-order valence-electron chi connectivity index (χ0n) is 11.8. The van der Waals surface area contributed by atoms with Crippen molar-refractivity contribution >= 4 is 21.7 Å². The van der Waals surface area contributed by atoms with E-state index in [-0.39, 0.29) is 5.78 Å². The van der Waals surface area contributed by atoms with Gasteiger partial charge in [0.05, 0.1) is 28.3 Å². The van der Waals surface area contributed by atoms with E-state index in [1.807, 2.05) is 18.5 Å². The first-order valence-electron chi connectivity index (χ1n) is 6.56. The topological polar surface area (TPSA) is 70.1 Å². The number of hydrogen-bond donors (Lipinski definition) is 1. The predicted molar refractivity (Wildman–Crippen MR) is 78.2 cm³/mol. The van der Waals surface area contributed by atoms with Gasteiger partial charge in [0, 0.05) is 20.3 Å². The monoisotopic (exact) mass is 331 g/mol. The third kappa shape index (κ3) is 4.12. The molecule has 1 aromatic rings. The van der Waals surface area contributed by atoms with Gasteiger partial charge >= 0.3 is 0 Å². The number of rotatable bonds is 8. The van der Waals surface area contributed by atoms with Crippen molar-refractivity contribution in [2.75, 3.05) is 13.7 Å². The standard InChI is InChI=1S/C13H22BrN3O2/c1-4-10-13(14)11(17(5-2)16-10)8-12(18)9(15)6-7-19-3/h9H,4-8,15H2,1-3H3. The van der Waals surface area contributed by atoms with E-state index in [2.05, 4.69) is 21.0 Å². The van der Waals surface area contributed by atoms with Crippen LogP contribution >= 0.6 is 15.9 Å². The summed E-state index contributed by atoms with van der Waals surface area (Å²) >= 11 is 3.53. The highest BCUT2D eigenvalue weighted by Crippen LogP contribution is 2.23. The molecule has 0 spiro atoms. The van der Waals surface area contributed by atoms with Crippen molar-refractivity contribution in [1.82, 2.24) is 9.78 Å². The number of nitrogens with zero attached hydrogens (tertiary/aromatic N) is 2. The van der Waals surface area contributed by atoms with Gasteiger partial charge in [0.1, 0.15) is 0 Å². The zero-order chi connectivity index (χ0) is 14.4. The second-order valence-corrected chi connectivity index (χ2v) is 5.20. The molecule has 1 rings (SSSR count). The van der Waals surface area contributed by atoms with Crippen LogP contribution in [0.1, 0.15) is 31.7 Å². The molecule has 0 aliphatic heterocycles. The van der Waals surface area contributed by atoms with Gasteiger partial charge in [-0.25, -0.2) is 0 Å². The summed E-state index contributed by atoms with van der Waals surface area (Å²) in [4.78, 5) is 12.1. The van der Waals surface area contributed by atoms with Crippen molar-refractivity contribution in [3.8, 4) is 0 Å². The van der Waals surface area contributed by atoms with Crippen LogP contribution in [0.5, 0.6) is 0 Å². The van der Waals surface area contributed by atoms with Gasteiger partial charge < -0.3 is 10.5 Å². The first-order valence-corrected chi connectivity index (χ1v) is 7.35. The number of hydrogen-bond acceptors (Lipinski definition) is 4. The minimum atomic E-state index is -0.475. The molecular formula is C13H22BrN3O2. The average molecular weight is 332 g/mol. The highest BCUT2D eigenvalue weighted by molar-refractivity contribution is 9.10. The Morgan fingerprint density at radius 3 is 2.74 bits per heavy atom. The van der Waals surface area contributed by atoms with Gasteiger partial charge in [0.25, 0.3) is 0 Å².